The zero-order chi connectivity index (χ0) is 28.3. The van der Waals surface area contributed by atoms with Crippen LogP contribution in [0.1, 0.15) is 45.2 Å². The van der Waals surface area contributed by atoms with E-state index in [2.05, 4.69) is 29.4 Å². The molecular formula is C36H27NO4. The topological polar surface area (TPSA) is 90.1 Å². The van der Waals surface area contributed by atoms with Crippen molar-refractivity contribution in [3.8, 4) is 17.2 Å². The van der Waals surface area contributed by atoms with Gasteiger partial charge in [-0.25, -0.2) is 0 Å². The molecule has 0 aliphatic rings. The molecule has 0 amide bonds. The molecule has 6 aromatic carbocycles. The lowest BCUT2D eigenvalue weighted by Crippen LogP contribution is -2.08. The first-order valence-corrected chi connectivity index (χ1v) is 13.3. The van der Waals surface area contributed by atoms with Crippen LogP contribution >= 0.6 is 0 Å². The maximum atomic E-state index is 11.1. The van der Waals surface area contributed by atoms with Crippen LogP contribution in [0.5, 0.6) is 17.2 Å². The third-order valence-electron chi connectivity index (χ3n) is 7.62. The summed E-state index contributed by atoms with van der Waals surface area (Å²) < 4.78 is 0. The van der Waals surface area contributed by atoms with E-state index in [1.165, 1.54) is 0 Å². The van der Waals surface area contributed by atoms with Crippen molar-refractivity contribution < 1.29 is 15.3 Å². The minimum absolute atomic E-state index is 0.153. The predicted octanol–water partition coefficient (Wildman–Crippen LogP) is 8.71. The number of hydrogen-bond acceptors (Lipinski definition) is 5. The molecule has 6 rings (SSSR count). The number of nitroso groups, excluding NO2 is 1. The first-order valence-electron chi connectivity index (χ1n) is 13.3. The second kappa shape index (κ2) is 11.0. The van der Waals surface area contributed by atoms with E-state index < -0.39 is 0 Å². The van der Waals surface area contributed by atoms with Gasteiger partial charge < -0.3 is 15.3 Å². The van der Waals surface area contributed by atoms with Crippen molar-refractivity contribution in [2.45, 2.75) is 11.8 Å². The first-order chi connectivity index (χ1) is 20.0. The molecule has 200 valence electrons. The fourth-order valence-corrected chi connectivity index (χ4v) is 5.68. The van der Waals surface area contributed by atoms with Gasteiger partial charge in [0.2, 0.25) is 0 Å². The third kappa shape index (κ3) is 5.13. The highest BCUT2D eigenvalue weighted by atomic mass is 16.3. The molecule has 1 atom stereocenters. The number of rotatable bonds is 7. The Balaban J connectivity index is 1.58. The van der Waals surface area contributed by atoms with Crippen LogP contribution in [-0.4, -0.2) is 15.3 Å². The number of hydrogen-bond donors (Lipinski definition) is 3. The van der Waals surface area contributed by atoms with Crippen molar-refractivity contribution in [2.24, 2.45) is 5.18 Å². The van der Waals surface area contributed by atoms with Gasteiger partial charge in [0.05, 0.1) is 0 Å². The summed E-state index contributed by atoms with van der Waals surface area (Å²) in [6.07, 6.45) is 0. The molecule has 5 heteroatoms. The van der Waals surface area contributed by atoms with Crippen LogP contribution in [0.3, 0.4) is 0 Å². The van der Waals surface area contributed by atoms with E-state index in [1.54, 1.807) is 48.5 Å². The van der Waals surface area contributed by atoms with Crippen molar-refractivity contribution in [1.29, 1.82) is 0 Å². The number of aromatic hydroxyl groups is 3. The molecule has 0 bridgehead atoms. The Morgan fingerprint density at radius 2 is 0.732 bits per heavy atom. The molecule has 1 unspecified atom stereocenters. The molecule has 41 heavy (non-hydrogen) atoms. The molecule has 6 aromatic rings. The monoisotopic (exact) mass is 537 g/mol. The lowest BCUT2D eigenvalue weighted by atomic mass is 9.78. The summed E-state index contributed by atoms with van der Waals surface area (Å²) in [5.41, 5.74) is 6.55. The number of fused-ring (bicyclic) bond motifs is 1. The van der Waals surface area contributed by atoms with Gasteiger partial charge in [-0.15, -0.1) is 4.91 Å². The number of phenols is 3. The Bertz CT molecular complexity index is 1770. The van der Waals surface area contributed by atoms with Gasteiger partial charge in [0.25, 0.3) is 0 Å². The standard InChI is InChI=1S/C36H27NO4/c38-28-15-7-24(8-16-28)35(23-5-13-27(37-41)14-6-23)33-21-22-34(32-4-2-1-3-31(32)33)36(25-9-17-29(39)18-10-25)26-11-19-30(40)20-12-26/h1-22,35-36,38-40H. The second-order valence-corrected chi connectivity index (χ2v) is 10.1. The smallest absolute Gasteiger partial charge is 0.115 e. The summed E-state index contributed by atoms with van der Waals surface area (Å²) >= 11 is 0. The van der Waals surface area contributed by atoms with Crippen LogP contribution in [0, 0.1) is 4.91 Å². The normalized spacial score (nSPS) is 11.9. The molecule has 0 radical (unpaired) electrons. The van der Waals surface area contributed by atoms with E-state index in [0.29, 0.717) is 5.69 Å². The maximum Gasteiger partial charge on any atom is 0.115 e. The largest absolute Gasteiger partial charge is 0.508 e. The molecule has 0 aliphatic carbocycles. The van der Waals surface area contributed by atoms with Gasteiger partial charge in [-0.3, -0.25) is 0 Å². The van der Waals surface area contributed by atoms with Crippen LogP contribution < -0.4 is 0 Å². The lowest BCUT2D eigenvalue weighted by molar-refractivity contribution is 0.474. The maximum absolute atomic E-state index is 11.1. The first kappa shape index (κ1) is 25.8. The van der Waals surface area contributed by atoms with Crippen molar-refractivity contribution in [3.05, 3.63) is 172 Å². The third-order valence-corrected chi connectivity index (χ3v) is 7.62. The summed E-state index contributed by atoms with van der Waals surface area (Å²) in [7, 11) is 0. The van der Waals surface area contributed by atoms with Crippen LogP contribution in [0.15, 0.2) is 139 Å². The number of phenolic OH excluding ortho intramolecular Hbond substituents is 3. The van der Waals surface area contributed by atoms with E-state index in [4.69, 9.17) is 0 Å². The SMILES string of the molecule is O=Nc1ccc(C(c2ccc(O)cc2)c2ccc(C(c3ccc(O)cc3)c3ccc(O)cc3)c3ccccc23)cc1. The molecule has 0 saturated heterocycles. The molecule has 0 heterocycles. The molecule has 0 saturated carbocycles. The van der Waals surface area contributed by atoms with Crippen molar-refractivity contribution in [2.75, 3.05) is 0 Å². The Morgan fingerprint density at radius 3 is 1.05 bits per heavy atom. The lowest BCUT2D eigenvalue weighted by Gasteiger charge is -2.25. The van der Waals surface area contributed by atoms with Gasteiger partial charge in [0.1, 0.15) is 22.9 Å². The van der Waals surface area contributed by atoms with Gasteiger partial charge in [0, 0.05) is 11.8 Å². The zero-order valence-corrected chi connectivity index (χ0v) is 22.1. The van der Waals surface area contributed by atoms with Crippen LogP contribution in [0.4, 0.5) is 5.69 Å². The highest BCUT2D eigenvalue weighted by Gasteiger charge is 2.24. The number of nitrogens with zero attached hydrogens (tertiary/aromatic N) is 1. The predicted molar refractivity (Wildman–Crippen MR) is 162 cm³/mol. The fraction of sp³-hybridized carbons (Fsp3) is 0.0556. The van der Waals surface area contributed by atoms with E-state index in [-0.39, 0.29) is 29.1 Å². The van der Waals surface area contributed by atoms with Crippen LogP contribution in [-0.2, 0) is 0 Å². The second-order valence-electron chi connectivity index (χ2n) is 10.1. The van der Waals surface area contributed by atoms with Crippen molar-refractivity contribution in [3.63, 3.8) is 0 Å². The molecule has 0 spiro atoms. The minimum atomic E-state index is -0.170. The molecule has 0 fully saturated rings. The molecule has 3 N–H and O–H groups in total. The molecule has 5 nitrogen and oxygen atoms in total. The van der Waals surface area contributed by atoms with Crippen molar-refractivity contribution >= 4 is 16.5 Å². The summed E-state index contributed by atoms with van der Waals surface area (Å²) in [6.45, 7) is 0. The highest BCUT2D eigenvalue weighted by Crippen LogP contribution is 2.42. The Kier molecular flexibility index (Phi) is 6.92. The average Bonchev–Trinajstić information content (AvgIpc) is 3.01. The zero-order valence-electron chi connectivity index (χ0n) is 22.1. The van der Waals surface area contributed by atoms with E-state index in [9.17, 15) is 20.2 Å². The average molecular weight is 538 g/mol. The van der Waals surface area contributed by atoms with Crippen molar-refractivity contribution in [1.82, 2.24) is 0 Å². The van der Waals surface area contributed by atoms with Gasteiger partial charge in [0.15, 0.2) is 0 Å². The fourth-order valence-electron chi connectivity index (χ4n) is 5.68. The Labute approximate surface area is 237 Å². The van der Waals surface area contributed by atoms with Gasteiger partial charge >= 0.3 is 0 Å². The molecule has 0 aliphatic heterocycles. The van der Waals surface area contributed by atoms with Gasteiger partial charge in [-0.05, 0) is 97.9 Å². The molecular weight excluding hydrogens is 510 g/mol. The van der Waals surface area contributed by atoms with Crippen LogP contribution in [0.2, 0.25) is 0 Å². The van der Waals surface area contributed by atoms with E-state index in [0.717, 1.165) is 44.2 Å². The number of benzene rings is 6. The quantitative estimate of drug-likeness (QED) is 0.140. The van der Waals surface area contributed by atoms with Gasteiger partial charge in [-0.2, -0.15) is 0 Å². The Hall–Kier alpha value is -5.42. The highest BCUT2D eigenvalue weighted by molar-refractivity contribution is 5.91. The van der Waals surface area contributed by atoms with E-state index in [1.807, 2.05) is 60.7 Å². The summed E-state index contributed by atoms with van der Waals surface area (Å²) in [5, 5.41) is 35.2. The molecule has 0 aromatic heterocycles. The Morgan fingerprint density at radius 1 is 0.415 bits per heavy atom. The summed E-state index contributed by atoms with van der Waals surface area (Å²) in [4.78, 5) is 11.1. The van der Waals surface area contributed by atoms with Gasteiger partial charge in [-0.1, -0.05) is 84.9 Å². The summed E-state index contributed by atoms with van der Waals surface area (Å²) in [5.74, 6) is 0.270. The van der Waals surface area contributed by atoms with Crippen LogP contribution in [0.25, 0.3) is 10.8 Å². The summed E-state index contributed by atoms with van der Waals surface area (Å²) in [6, 6.07) is 41.6. The minimum Gasteiger partial charge on any atom is -0.508 e. The van der Waals surface area contributed by atoms with E-state index >= 15 is 0 Å².